The van der Waals surface area contributed by atoms with Gasteiger partial charge in [-0.15, -0.1) is 0 Å². The number of aromatic carboxylic acids is 1. The van der Waals surface area contributed by atoms with E-state index in [-0.39, 0.29) is 5.56 Å². The molecule has 0 saturated carbocycles. The second-order valence-electron chi connectivity index (χ2n) is 4.27. The van der Waals surface area contributed by atoms with Crippen LogP contribution in [0.2, 0.25) is 0 Å². The molecule has 0 spiro atoms. The lowest BCUT2D eigenvalue weighted by molar-refractivity contribution is 0.0696. The number of benzene rings is 1. The Hall–Kier alpha value is -2.83. The highest BCUT2D eigenvalue weighted by atomic mass is 16.4. The van der Waals surface area contributed by atoms with Crippen molar-refractivity contribution in [2.75, 3.05) is 10.6 Å². The molecule has 0 aliphatic rings. The molecule has 7 nitrogen and oxygen atoms in total. The van der Waals surface area contributed by atoms with E-state index in [1.807, 2.05) is 0 Å². The Balaban J connectivity index is 2.12. The van der Waals surface area contributed by atoms with Crippen molar-refractivity contribution < 1.29 is 14.7 Å². The van der Waals surface area contributed by atoms with Gasteiger partial charge in [-0.3, -0.25) is 4.68 Å². The van der Waals surface area contributed by atoms with Gasteiger partial charge in [-0.05, 0) is 24.6 Å². The molecular formula is C13H14N4O3. The lowest BCUT2D eigenvalue weighted by Gasteiger charge is -2.10. The second kappa shape index (κ2) is 5.43. The summed E-state index contributed by atoms with van der Waals surface area (Å²) >= 11 is 0. The summed E-state index contributed by atoms with van der Waals surface area (Å²) in [6, 6.07) is 4.26. The molecule has 2 rings (SSSR count). The Morgan fingerprint density at radius 3 is 2.65 bits per heavy atom. The molecule has 0 bridgehead atoms. The zero-order chi connectivity index (χ0) is 14.7. The smallest absolute Gasteiger partial charge is 0.336 e. The fraction of sp³-hybridized carbons (Fsp3) is 0.154. The van der Waals surface area contributed by atoms with Crippen molar-refractivity contribution in [3.05, 3.63) is 41.7 Å². The van der Waals surface area contributed by atoms with E-state index in [9.17, 15) is 9.59 Å². The van der Waals surface area contributed by atoms with Crippen LogP contribution in [0.1, 0.15) is 15.9 Å². The third-order valence-corrected chi connectivity index (χ3v) is 2.78. The van der Waals surface area contributed by atoms with Crippen LogP contribution in [0.5, 0.6) is 0 Å². The third-order valence-electron chi connectivity index (χ3n) is 2.78. The second-order valence-corrected chi connectivity index (χ2v) is 4.27. The molecule has 2 amide bonds. The molecule has 1 heterocycles. The van der Waals surface area contributed by atoms with Gasteiger partial charge < -0.3 is 15.7 Å². The van der Waals surface area contributed by atoms with E-state index in [0.29, 0.717) is 16.9 Å². The molecule has 7 heteroatoms. The summed E-state index contributed by atoms with van der Waals surface area (Å²) in [5.41, 5.74) is 1.66. The van der Waals surface area contributed by atoms with Crippen molar-refractivity contribution in [2.24, 2.45) is 7.05 Å². The number of urea groups is 1. The Morgan fingerprint density at radius 1 is 1.30 bits per heavy atom. The molecule has 0 aliphatic carbocycles. The highest BCUT2D eigenvalue weighted by molar-refractivity contribution is 6.01. The number of nitrogens with one attached hydrogen (secondary N) is 2. The van der Waals surface area contributed by atoms with Crippen molar-refractivity contribution in [1.29, 1.82) is 0 Å². The van der Waals surface area contributed by atoms with Crippen LogP contribution < -0.4 is 10.6 Å². The molecule has 0 atom stereocenters. The van der Waals surface area contributed by atoms with Crippen LogP contribution in [0.15, 0.2) is 30.6 Å². The minimum atomic E-state index is -1.03. The van der Waals surface area contributed by atoms with Gasteiger partial charge in [0, 0.05) is 18.9 Å². The molecule has 0 fully saturated rings. The van der Waals surface area contributed by atoms with E-state index in [1.165, 1.54) is 12.3 Å². The van der Waals surface area contributed by atoms with Gasteiger partial charge in [0.2, 0.25) is 0 Å². The first kappa shape index (κ1) is 13.6. The SMILES string of the molecule is Cc1c(NC(=O)Nc2cnn(C)c2)cccc1C(=O)O. The zero-order valence-corrected chi connectivity index (χ0v) is 11.0. The summed E-state index contributed by atoms with van der Waals surface area (Å²) in [6.07, 6.45) is 3.17. The minimum absolute atomic E-state index is 0.157. The fourth-order valence-electron chi connectivity index (χ4n) is 1.77. The largest absolute Gasteiger partial charge is 0.478 e. The summed E-state index contributed by atoms with van der Waals surface area (Å²) in [7, 11) is 1.74. The third kappa shape index (κ3) is 2.94. The fourth-order valence-corrected chi connectivity index (χ4v) is 1.77. The highest BCUT2D eigenvalue weighted by Crippen LogP contribution is 2.19. The Labute approximate surface area is 115 Å². The summed E-state index contributed by atoms with van der Waals surface area (Å²) in [4.78, 5) is 22.8. The van der Waals surface area contributed by atoms with Crippen LogP contribution in [0.3, 0.4) is 0 Å². The van der Waals surface area contributed by atoms with Gasteiger partial charge in [-0.1, -0.05) is 6.07 Å². The Morgan fingerprint density at radius 2 is 2.05 bits per heavy atom. The number of nitrogens with zero attached hydrogens (tertiary/aromatic N) is 2. The van der Waals surface area contributed by atoms with Gasteiger partial charge in [0.25, 0.3) is 0 Å². The topological polar surface area (TPSA) is 96.3 Å². The number of carboxylic acids is 1. The molecule has 0 saturated heterocycles. The van der Waals surface area contributed by atoms with E-state index in [2.05, 4.69) is 15.7 Å². The van der Waals surface area contributed by atoms with E-state index in [1.54, 1.807) is 37.0 Å². The maximum atomic E-state index is 11.8. The lowest BCUT2D eigenvalue weighted by Crippen LogP contribution is -2.20. The average Bonchev–Trinajstić information content (AvgIpc) is 2.77. The highest BCUT2D eigenvalue weighted by Gasteiger charge is 2.12. The van der Waals surface area contributed by atoms with Crippen molar-refractivity contribution >= 4 is 23.4 Å². The molecule has 0 unspecified atom stereocenters. The van der Waals surface area contributed by atoms with Crippen molar-refractivity contribution in [2.45, 2.75) is 6.92 Å². The van der Waals surface area contributed by atoms with Crippen molar-refractivity contribution in [3.63, 3.8) is 0 Å². The molecular weight excluding hydrogens is 260 g/mol. The van der Waals surface area contributed by atoms with E-state index in [4.69, 9.17) is 5.11 Å². The van der Waals surface area contributed by atoms with Crippen LogP contribution >= 0.6 is 0 Å². The molecule has 3 N–H and O–H groups in total. The monoisotopic (exact) mass is 274 g/mol. The number of hydrogen-bond acceptors (Lipinski definition) is 3. The molecule has 20 heavy (non-hydrogen) atoms. The number of aromatic nitrogens is 2. The van der Waals surface area contributed by atoms with Gasteiger partial charge in [0.1, 0.15) is 0 Å². The summed E-state index contributed by atoms with van der Waals surface area (Å²) in [5, 5.41) is 18.2. The van der Waals surface area contributed by atoms with Gasteiger partial charge in [-0.25, -0.2) is 9.59 Å². The lowest BCUT2D eigenvalue weighted by atomic mass is 10.1. The quantitative estimate of drug-likeness (QED) is 0.798. The predicted molar refractivity (Wildman–Crippen MR) is 74.0 cm³/mol. The first-order valence-electron chi connectivity index (χ1n) is 5.87. The number of carbonyl (C=O) groups excluding carboxylic acids is 1. The Kier molecular flexibility index (Phi) is 3.69. The van der Waals surface area contributed by atoms with Crippen LogP contribution in [0, 0.1) is 6.92 Å². The van der Waals surface area contributed by atoms with Crippen molar-refractivity contribution in [3.8, 4) is 0 Å². The number of hydrogen-bond donors (Lipinski definition) is 3. The molecule has 104 valence electrons. The first-order valence-corrected chi connectivity index (χ1v) is 5.87. The standard InChI is InChI=1S/C13H14N4O3/c1-8-10(12(18)19)4-3-5-11(8)16-13(20)15-9-6-14-17(2)7-9/h3-7H,1-2H3,(H,18,19)(H2,15,16,20). The number of amides is 2. The average molecular weight is 274 g/mol. The molecule has 1 aromatic carbocycles. The van der Waals surface area contributed by atoms with E-state index in [0.717, 1.165) is 0 Å². The van der Waals surface area contributed by atoms with Gasteiger partial charge in [0.05, 0.1) is 17.4 Å². The number of rotatable bonds is 3. The van der Waals surface area contributed by atoms with Gasteiger partial charge in [-0.2, -0.15) is 5.10 Å². The molecule has 0 aliphatic heterocycles. The molecule has 0 radical (unpaired) electrons. The summed E-state index contributed by atoms with van der Waals surface area (Å²) in [6.45, 7) is 1.64. The van der Waals surface area contributed by atoms with Crippen molar-refractivity contribution in [1.82, 2.24) is 9.78 Å². The number of carboxylic acid groups (broad SMARTS) is 1. The number of anilines is 2. The maximum absolute atomic E-state index is 11.8. The van der Waals surface area contributed by atoms with Gasteiger partial charge in [0.15, 0.2) is 0 Å². The van der Waals surface area contributed by atoms with Crippen LogP contribution in [0.4, 0.5) is 16.2 Å². The zero-order valence-electron chi connectivity index (χ0n) is 11.0. The Bertz CT molecular complexity index is 663. The number of carbonyl (C=O) groups is 2. The predicted octanol–water partition coefficient (Wildman–Crippen LogP) is 2.07. The van der Waals surface area contributed by atoms with Crippen LogP contribution in [-0.2, 0) is 7.05 Å². The molecule has 1 aromatic heterocycles. The molecule has 2 aromatic rings. The van der Waals surface area contributed by atoms with Crippen LogP contribution in [-0.4, -0.2) is 26.9 Å². The van der Waals surface area contributed by atoms with E-state index >= 15 is 0 Å². The summed E-state index contributed by atoms with van der Waals surface area (Å²) in [5.74, 6) is -1.03. The van der Waals surface area contributed by atoms with Gasteiger partial charge >= 0.3 is 12.0 Å². The minimum Gasteiger partial charge on any atom is -0.478 e. The maximum Gasteiger partial charge on any atom is 0.336 e. The summed E-state index contributed by atoms with van der Waals surface area (Å²) < 4.78 is 1.56. The van der Waals surface area contributed by atoms with E-state index < -0.39 is 12.0 Å². The van der Waals surface area contributed by atoms with Crippen LogP contribution in [0.25, 0.3) is 0 Å². The number of aryl methyl sites for hydroxylation is 1. The first-order chi connectivity index (χ1) is 9.47. The normalized spacial score (nSPS) is 10.1.